The van der Waals surface area contributed by atoms with E-state index in [1.807, 2.05) is 4.90 Å². The molecule has 3 aliphatic heterocycles. The lowest BCUT2D eigenvalue weighted by atomic mass is 9.83. The van der Waals surface area contributed by atoms with Gasteiger partial charge in [0, 0.05) is 53.2 Å². The molecule has 0 radical (unpaired) electrons. The Morgan fingerprint density at radius 3 is 2.56 bits per heavy atom. The highest BCUT2D eigenvalue weighted by Gasteiger charge is 2.33. The molecule has 1 saturated heterocycles. The van der Waals surface area contributed by atoms with Gasteiger partial charge in [-0.25, -0.2) is 0 Å². The van der Waals surface area contributed by atoms with Crippen LogP contribution in [0.5, 0.6) is 11.5 Å². The van der Waals surface area contributed by atoms with Crippen molar-refractivity contribution in [3.8, 4) is 11.5 Å². The van der Waals surface area contributed by atoms with E-state index >= 15 is 0 Å². The summed E-state index contributed by atoms with van der Waals surface area (Å²) in [4.78, 5) is 14.7. The molecule has 1 amide bonds. The number of nitrogens with zero attached hydrogens (tertiary/aromatic N) is 1. The first-order valence-electron chi connectivity index (χ1n) is 9.70. The van der Waals surface area contributed by atoms with E-state index in [0.717, 1.165) is 63.5 Å². The smallest absolute Gasteiger partial charge is 0.253 e. The van der Waals surface area contributed by atoms with E-state index < -0.39 is 0 Å². The number of likely N-dealkylation sites (tertiary alicyclic amines) is 1. The van der Waals surface area contributed by atoms with Gasteiger partial charge in [0.15, 0.2) is 0 Å². The predicted molar refractivity (Wildman–Crippen MR) is 104 cm³/mol. The van der Waals surface area contributed by atoms with Crippen molar-refractivity contribution in [1.29, 1.82) is 0 Å². The van der Waals surface area contributed by atoms with Gasteiger partial charge in [0.1, 0.15) is 11.5 Å². The van der Waals surface area contributed by atoms with Gasteiger partial charge in [-0.15, -0.1) is 0 Å². The van der Waals surface area contributed by atoms with Crippen LogP contribution in [0, 0.1) is 0 Å². The average Bonchev–Trinajstić information content (AvgIpc) is 3.35. The zero-order chi connectivity index (χ0) is 18.4. The second-order valence-electron chi connectivity index (χ2n) is 7.53. The fraction of sp³-hybridized carbons (Fsp3) is 0.409. The Bertz CT molecular complexity index is 853. The first kappa shape index (κ1) is 16.9. The van der Waals surface area contributed by atoms with Crippen LogP contribution >= 0.6 is 11.6 Å². The number of halogens is 1. The van der Waals surface area contributed by atoms with E-state index in [1.54, 1.807) is 24.3 Å². The maximum Gasteiger partial charge on any atom is 0.253 e. The van der Waals surface area contributed by atoms with E-state index in [-0.39, 0.29) is 5.91 Å². The van der Waals surface area contributed by atoms with Crippen molar-refractivity contribution in [2.45, 2.75) is 31.6 Å². The molecule has 3 heterocycles. The normalized spacial score (nSPS) is 18.6. The van der Waals surface area contributed by atoms with E-state index in [9.17, 15) is 4.79 Å². The second-order valence-corrected chi connectivity index (χ2v) is 7.96. The molecule has 2 aromatic rings. The summed E-state index contributed by atoms with van der Waals surface area (Å²) in [6.07, 6.45) is 3.86. The molecule has 1 fully saturated rings. The van der Waals surface area contributed by atoms with Gasteiger partial charge in [0.25, 0.3) is 5.91 Å². The maximum absolute atomic E-state index is 12.8. The number of carbonyl (C=O) groups excluding carboxylic acids is 1. The summed E-state index contributed by atoms with van der Waals surface area (Å²) in [5, 5.41) is 0.652. The van der Waals surface area contributed by atoms with Crippen LogP contribution in [-0.2, 0) is 12.8 Å². The van der Waals surface area contributed by atoms with Crippen molar-refractivity contribution in [2.24, 2.45) is 0 Å². The third kappa shape index (κ3) is 2.96. The van der Waals surface area contributed by atoms with Crippen molar-refractivity contribution < 1.29 is 14.3 Å². The Morgan fingerprint density at radius 2 is 1.78 bits per heavy atom. The highest BCUT2D eigenvalue weighted by molar-refractivity contribution is 6.30. The monoisotopic (exact) mass is 383 g/mol. The van der Waals surface area contributed by atoms with Crippen molar-refractivity contribution >= 4 is 17.5 Å². The van der Waals surface area contributed by atoms with E-state index in [0.29, 0.717) is 16.5 Å². The van der Waals surface area contributed by atoms with Crippen molar-refractivity contribution in [1.82, 2.24) is 4.90 Å². The van der Waals surface area contributed by atoms with Crippen molar-refractivity contribution in [3.05, 3.63) is 57.6 Å². The quantitative estimate of drug-likeness (QED) is 0.779. The van der Waals surface area contributed by atoms with Crippen LogP contribution in [0.4, 0.5) is 0 Å². The lowest BCUT2D eigenvalue weighted by Gasteiger charge is -2.33. The summed E-state index contributed by atoms with van der Waals surface area (Å²) >= 11 is 5.93. The summed E-state index contributed by atoms with van der Waals surface area (Å²) in [5.74, 6) is 2.67. The number of fused-ring (bicyclic) bond motifs is 2. The summed E-state index contributed by atoms with van der Waals surface area (Å²) < 4.78 is 11.9. The molecule has 3 aliphatic rings. The van der Waals surface area contributed by atoms with Crippen LogP contribution < -0.4 is 9.47 Å². The molecule has 0 saturated carbocycles. The highest BCUT2D eigenvalue weighted by atomic mass is 35.5. The van der Waals surface area contributed by atoms with Crippen LogP contribution in [-0.4, -0.2) is 37.1 Å². The fourth-order valence-electron chi connectivity index (χ4n) is 4.60. The topological polar surface area (TPSA) is 38.8 Å². The third-order valence-electron chi connectivity index (χ3n) is 5.97. The molecule has 5 rings (SSSR count). The third-order valence-corrected chi connectivity index (χ3v) is 6.23. The molecule has 5 heteroatoms. The van der Waals surface area contributed by atoms with Crippen molar-refractivity contribution in [2.75, 3.05) is 26.3 Å². The van der Waals surface area contributed by atoms with E-state index in [4.69, 9.17) is 21.1 Å². The van der Waals surface area contributed by atoms with E-state index in [1.165, 1.54) is 16.7 Å². The number of benzene rings is 2. The number of rotatable bonds is 2. The van der Waals surface area contributed by atoms with Gasteiger partial charge in [-0.2, -0.15) is 0 Å². The highest BCUT2D eigenvalue weighted by Crippen LogP contribution is 2.46. The zero-order valence-electron chi connectivity index (χ0n) is 15.2. The molecule has 0 unspecified atom stereocenters. The zero-order valence-corrected chi connectivity index (χ0v) is 15.9. The van der Waals surface area contributed by atoms with Crippen molar-refractivity contribution in [3.63, 3.8) is 0 Å². The average molecular weight is 384 g/mol. The van der Waals surface area contributed by atoms with Gasteiger partial charge in [0.2, 0.25) is 0 Å². The van der Waals surface area contributed by atoms with Crippen LogP contribution in [0.15, 0.2) is 30.3 Å². The first-order valence-corrected chi connectivity index (χ1v) is 10.1. The lowest BCUT2D eigenvalue weighted by molar-refractivity contribution is 0.0712. The minimum absolute atomic E-state index is 0.0909. The minimum atomic E-state index is 0.0909. The van der Waals surface area contributed by atoms with Gasteiger partial charge in [-0.05, 0) is 49.1 Å². The molecule has 0 bridgehead atoms. The van der Waals surface area contributed by atoms with Gasteiger partial charge in [-0.3, -0.25) is 4.79 Å². The summed E-state index contributed by atoms with van der Waals surface area (Å²) in [6.45, 7) is 3.06. The number of hydrogen-bond acceptors (Lipinski definition) is 3. The first-order chi connectivity index (χ1) is 13.2. The van der Waals surface area contributed by atoms with E-state index in [2.05, 4.69) is 6.07 Å². The molecule has 2 aromatic carbocycles. The SMILES string of the molecule is O=C(c1ccc(Cl)cc1)N1CCC(c2c3c(cc4c2OCC4)OCC3)CC1. The Labute approximate surface area is 164 Å². The summed E-state index contributed by atoms with van der Waals surface area (Å²) in [7, 11) is 0. The van der Waals surface area contributed by atoms with Gasteiger partial charge < -0.3 is 14.4 Å². The summed E-state index contributed by atoms with van der Waals surface area (Å²) in [5.41, 5.74) is 4.68. The molecule has 0 atom stereocenters. The largest absolute Gasteiger partial charge is 0.493 e. The number of ether oxygens (including phenoxy) is 2. The molecule has 27 heavy (non-hydrogen) atoms. The van der Waals surface area contributed by atoms with Crippen LogP contribution in [0.3, 0.4) is 0 Å². The lowest BCUT2D eigenvalue weighted by Crippen LogP contribution is -2.38. The fourth-order valence-corrected chi connectivity index (χ4v) is 4.73. The Hall–Kier alpha value is -2.20. The molecular weight excluding hydrogens is 362 g/mol. The number of hydrogen-bond donors (Lipinski definition) is 0. The van der Waals surface area contributed by atoms with Gasteiger partial charge in [0.05, 0.1) is 13.2 Å². The molecule has 0 N–H and O–H groups in total. The van der Waals surface area contributed by atoms with Gasteiger partial charge >= 0.3 is 0 Å². The standard InChI is InChI=1S/C22H22ClNO3/c23-17-3-1-15(2-4-17)22(25)24-9-5-14(6-10-24)20-18-8-12-26-19(18)13-16-7-11-27-21(16)20/h1-4,13-14H,5-12H2. The number of piperidine rings is 1. The van der Waals surface area contributed by atoms with Crippen LogP contribution in [0.2, 0.25) is 5.02 Å². The Balaban J connectivity index is 1.36. The summed E-state index contributed by atoms with van der Waals surface area (Å²) in [6, 6.07) is 9.33. The molecular formula is C22H22ClNO3. The second kappa shape index (κ2) is 6.75. The van der Waals surface area contributed by atoms with Crippen LogP contribution in [0.1, 0.15) is 45.8 Å². The predicted octanol–water partition coefficient (Wildman–Crippen LogP) is 4.23. The van der Waals surface area contributed by atoms with Gasteiger partial charge in [-0.1, -0.05) is 11.6 Å². The van der Waals surface area contributed by atoms with Crippen LogP contribution in [0.25, 0.3) is 0 Å². The maximum atomic E-state index is 12.8. The Morgan fingerprint density at radius 1 is 1.04 bits per heavy atom. The molecule has 140 valence electrons. The molecule has 0 aliphatic carbocycles. The minimum Gasteiger partial charge on any atom is -0.493 e. The Kier molecular flexibility index (Phi) is 4.24. The number of carbonyl (C=O) groups is 1. The molecule has 0 aromatic heterocycles. The molecule has 0 spiro atoms. The molecule has 4 nitrogen and oxygen atoms in total. The number of amides is 1.